The highest BCUT2D eigenvalue weighted by atomic mass is 31.3. The molecule has 2 fully saturated rings. The SMILES string of the molecule is [B-]P(=O)(OP(=O)(O)OCC1O[C@@H]([n+]2cn(C)c3c(=O)[nH]c(N)nc32)[C@H](OC)[C@@H]1O)OP(=O)(O)OC[C@H]1OC([n+]2cn(C)c3c(=O)[nH]c(N)nc32)[C@H](O)[C@@H]1O. The molecule has 11 atom stereocenters. The zero-order valence-corrected chi connectivity index (χ0v) is 30.8. The molecule has 27 nitrogen and oxygen atoms in total. The van der Waals surface area contributed by atoms with E-state index in [4.69, 9.17) is 42.3 Å². The number of aliphatic hydroxyl groups excluding tert-OH is 3. The number of nitrogens with two attached hydrogens (primary N) is 2. The Kier molecular flexibility index (Phi) is 10.9. The summed E-state index contributed by atoms with van der Waals surface area (Å²) in [4.78, 5) is 58.0. The molecule has 0 aliphatic carbocycles. The summed E-state index contributed by atoms with van der Waals surface area (Å²) in [6.07, 6.45) is -9.09. The number of hydrogen-bond donors (Lipinski definition) is 9. The van der Waals surface area contributed by atoms with Crippen molar-refractivity contribution < 1.29 is 79.8 Å². The average Bonchev–Trinajstić information content (AvgIpc) is 3.74. The van der Waals surface area contributed by atoms with Crippen LogP contribution in [0.1, 0.15) is 12.5 Å². The second-order valence-electron chi connectivity index (χ2n) is 12.0. The van der Waals surface area contributed by atoms with Crippen LogP contribution >= 0.6 is 23.1 Å². The van der Waals surface area contributed by atoms with Gasteiger partial charge in [-0.3, -0.25) is 37.7 Å². The lowest BCUT2D eigenvalue weighted by Crippen LogP contribution is -2.47. The normalized spacial score (nSPS) is 29.4. The third kappa shape index (κ3) is 7.82. The number of H-pyrrole nitrogens is 2. The minimum Gasteiger partial charge on any atom is -0.442 e. The van der Waals surface area contributed by atoms with E-state index in [0.29, 0.717) is 0 Å². The highest BCUT2D eigenvalue weighted by molar-refractivity contribution is 7.86. The number of hydrogen-bond acceptors (Lipinski definition) is 19. The first-order valence-corrected chi connectivity index (χ1v) is 19.9. The van der Waals surface area contributed by atoms with Crippen molar-refractivity contribution in [1.29, 1.82) is 0 Å². The van der Waals surface area contributed by atoms with Crippen LogP contribution in [-0.2, 0) is 59.7 Å². The Morgan fingerprint density at radius 2 is 1.24 bits per heavy atom. The van der Waals surface area contributed by atoms with Crippen molar-refractivity contribution in [2.75, 3.05) is 31.8 Å². The van der Waals surface area contributed by atoms with Crippen LogP contribution in [0.3, 0.4) is 0 Å². The van der Waals surface area contributed by atoms with E-state index in [1.54, 1.807) is 0 Å². The summed E-state index contributed by atoms with van der Waals surface area (Å²) in [5.41, 5.74) is 10.2. The number of anilines is 2. The van der Waals surface area contributed by atoms with Crippen molar-refractivity contribution in [1.82, 2.24) is 29.1 Å². The van der Waals surface area contributed by atoms with E-state index in [0.717, 1.165) is 0 Å². The molecule has 2 saturated heterocycles. The van der Waals surface area contributed by atoms with E-state index >= 15 is 0 Å². The summed E-state index contributed by atoms with van der Waals surface area (Å²) in [6.45, 7) is -1.95. The van der Waals surface area contributed by atoms with Crippen molar-refractivity contribution >= 4 is 64.9 Å². The van der Waals surface area contributed by atoms with Crippen molar-refractivity contribution in [3.8, 4) is 0 Å². The Morgan fingerprint density at radius 1 is 0.815 bits per heavy atom. The highest BCUT2D eigenvalue weighted by Gasteiger charge is 2.50. The molecule has 0 saturated carbocycles. The van der Waals surface area contributed by atoms with Gasteiger partial charge in [-0.2, -0.15) is 0 Å². The molecule has 0 spiro atoms. The zero-order valence-electron chi connectivity index (χ0n) is 28.1. The van der Waals surface area contributed by atoms with E-state index in [2.05, 4.69) is 28.6 Å². The van der Waals surface area contributed by atoms with Crippen molar-refractivity contribution in [2.24, 2.45) is 14.1 Å². The number of aromatic nitrogens is 8. The molecule has 0 aromatic carbocycles. The fourth-order valence-corrected chi connectivity index (χ4v) is 9.76. The molecule has 11 N–H and O–H groups in total. The van der Waals surface area contributed by atoms with Crippen LogP contribution in [-0.4, -0.2) is 119 Å². The maximum absolute atomic E-state index is 12.7. The van der Waals surface area contributed by atoms with Gasteiger partial charge < -0.3 is 62.9 Å². The molecule has 31 heteroatoms. The van der Waals surface area contributed by atoms with Gasteiger partial charge in [-0.25, -0.2) is 26.9 Å². The van der Waals surface area contributed by atoms with Crippen LogP contribution in [0.2, 0.25) is 0 Å². The summed E-state index contributed by atoms with van der Waals surface area (Å²) < 4.78 is 78.2. The van der Waals surface area contributed by atoms with E-state index in [1.807, 2.05) is 0 Å². The third-order valence-electron chi connectivity index (χ3n) is 8.29. The second-order valence-corrected chi connectivity index (χ2v) is 16.8. The van der Waals surface area contributed by atoms with Crippen LogP contribution in [0.25, 0.3) is 22.3 Å². The lowest BCUT2D eigenvalue weighted by molar-refractivity contribution is -0.746. The molecule has 5 unspecified atom stereocenters. The van der Waals surface area contributed by atoms with Crippen LogP contribution in [0, 0.1) is 0 Å². The summed E-state index contributed by atoms with van der Waals surface area (Å²) in [5.74, 6) is -0.483. The van der Waals surface area contributed by atoms with Gasteiger partial charge in [-0.1, -0.05) is 9.97 Å². The largest absolute Gasteiger partial charge is 0.476 e. The van der Waals surface area contributed by atoms with Gasteiger partial charge in [0.05, 0.1) is 34.8 Å². The minimum absolute atomic E-state index is 0.0314. The average molecular weight is 826 g/mol. The van der Waals surface area contributed by atoms with E-state index < -0.39 is 96.5 Å². The number of nitrogens with one attached hydrogen (secondary N) is 2. The molecule has 295 valence electrons. The Hall–Kier alpha value is -3.43. The fraction of sp³-hybridized carbons (Fsp3) is 0.565. The topological polar surface area (TPSA) is 378 Å². The number of imidazole rings is 2. The molecule has 4 aromatic rings. The maximum Gasteiger partial charge on any atom is 0.476 e. The number of phosphoric acid groups is 2. The Balaban J connectivity index is 1.06. The van der Waals surface area contributed by atoms with Crippen molar-refractivity contribution in [2.45, 2.75) is 49.1 Å². The van der Waals surface area contributed by atoms with Crippen LogP contribution in [0.5, 0.6) is 0 Å². The van der Waals surface area contributed by atoms with E-state index in [1.165, 1.54) is 52.1 Å². The first kappa shape index (κ1) is 40.2. The number of fused-ring (bicyclic) bond motifs is 2. The van der Waals surface area contributed by atoms with Crippen molar-refractivity contribution in [3.05, 3.63) is 33.4 Å². The zero-order chi connectivity index (χ0) is 39.7. The first-order chi connectivity index (χ1) is 25.1. The smallest absolute Gasteiger partial charge is 0.442 e. The molecule has 2 aliphatic rings. The van der Waals surface area contributed by atoms with Gasteiger partial charge in [-0.15, -0.1) is 0 Å². The second kappa shape index (κ2) is 14.6. The molecule has 0 bridgehead atoms. The Morgan fingerprint density at radius 3 is 1.70 bits per heavy atom. The summed E-state index contributed by atoms with van der Waals surface area (Å²) in [5, 5.41) is 32.1. The lowest BCUT2D eigenvalue weighted by atomic mass is 10.1. The highest BCUT2D eigenvalue weighted by Crippen LogP contribution is 2.67. The molecule has 4 aromatic heterocycles. The first-order valence-electron chi connectivity index (χ1n) is 15.3. The summed E-state index contributed by atoms with van der Waals surface area (Å²) >= 11 is 0. The Labute approximate surface area is 302 Å². The van der Waals surface area contributed by atoms with Gasteiger partial charge in [0.2, 0.25) is 23.5 Å². The molecule has 3 radical (unpaired) electrons. The molecule has 6 rings (SSSR count). The monoisotopic (exact) mass is 826 g/mol. The lowest BCUT2D eigenvalue weighted by Gasteiger charge is -2.29. The van der Waals surface area contributed by atoms with Gasteiger partial charge in [0.1, 0.15) is 36.6 Å². The number of phosphoric ester groups is 2. The molecular weight excluding hydrogens is 792 g/mol. The molecule has 54 heavy (non-hydrogen) atoms. The molecule has 2 aliphatic heterocycles. The van der Waals surface area contributed by atoms with E-state index in [9.17, 15) is 48.4 Å². The Bertz CT molecular complexity index is 2350. The number of aliphatic hydroxyl groups is 3. The summed E-state index contributed by atoms with van der Waals surface area (Å²) in [6, 6.07) is 0. The predicted octanol–water partition coefficient (Wildman–Crippen LogP) is -4.29. The molecule has 6 heterocycles. The van der Waals surface area contributed by atoms with E-state index in [-0.39, 0.29) is 34.2 Å². The van der Waals surface area contributed by atoms with Crippen LogP contribution in [0.4, 0.5) is 11.9 Å². The summed E-state index contributed by atoms with van der Waals surface area (Å²) in [7, 11) is -7.03. The number of ether oxygens (including phenoxy) is 3. The van der Waals surface area contributed by atoms with Crippen molar-refractivity contribution in [3.63, 3.8) is 0 Å². The standard InChI is InChI=1S/C23H32BN10O17P3/c1-31-6-33(16-10(31)18(38)29-22(25)27-16)20-14(37)12(35)8(48-20)4-46-53(41,42)50-52(24,40)51-54(43,44)47-5-9-13(36)15(45-3)21(49-9)34-7-32(2)11-17(34)28-23(26)30-19(11)39/h6-9,12-15,20-21,35-37H,4-5H2,1-3H3,(H6-2,25,26,27,28,29,30,38,39,41,42,43,44)/q-1/p+2/t8-,9?,12-,13-,14-,15-,20?,21-,52?/m1/s1. The number of methoxy groups -OCH3 is 1. The van der Waals surface area contributed by atoms with Crippen LogP contribution in [0.15, 0.2) is 22.2 Å². The van der Waals surface area contributed by atoms with Gasteiger partial charge in [0.15, 0.2) is 12.7 Å². The predicted molar refractivity (Wildman–Crippen MR) is 176 cm³/mol. The minimum atomic E-state index is -5.55. The van der Waals surface area contributed by atoms with Gasteiger partial charge >= 0.3 is 26.9 Å². The maximum atomic E-state index is 12.7. The van der Waals surface area contributed by atoms with Gasteiger partial charge in [0.25, 0.3) is 23.0 Å². The number of aromatic amines is 2. The third-order valence-corrected chi connectivity index (χ3v) is 12.7. The molecule has 0 amide bonds. The fourth-order valence-electron chi connectivity index (χ4n) is 6.03. The number of nitrogen functional groups attached to an aromatic ring is 2. The number of rotatable bonds is 13. The number of nitrogens with zero attached hydrogens (tertiary/aromatic N) is 6. The van der Waals surface area contributed by atoms with Crippen LogP contribution < -0.4 is 31.7 Å². The number of aryl methyl sites for hydroxylation is 2. The quantitative estimate of drug-likeness (QED) is 0.0350. The molecular formula is C23H34BN10O17P3+. The van der Waals surface area contributed by atoms with Gasteiger partial charge in [0, 0.05) is 7.11 Å². The van der Waals surface area contributed by atoms with Gasteiger partial charge in [-0.05, 0) is 0 Å².